The summed E-state index contributed by atoms with van der Waals surface area (Å²) in [4.78, 5) is 23.2. The molecule has 1 aromatic rings. The third-order valence-electron chi connectivity index (χ3n) is 2.32. The Balaban J connectivity index is 0.00000256. The molecule has 0 spiro atoms. The zero-order chi connectivity index (χ0) is 12.1. The van der Waals surface area contributed by atoms with E-state index in [2.05, 4.69) is 5.32 Å². The monoisotopic (exact) mass is 259 g/mol. The Kier molecular flexibility index (Phi) is 6.53. The minimum absolute atomic E-state index is 0. The van der Waals surface area contributed by atoms with Crippen molar-refractivity contribution >= 4 is 24.0 Å². The third-order valence-corrected chi connectivity index (χ3v) is 2.32. The molecule has 0 aliphatic carbocycles. The molecule has 1 unspecified atom stereocenters. The van der Waals surface area contributed by atoms with E-state index in [9.17, 15) is 9.59 Å². The predicted molar refractivity (Wildman–Crippen MR) is 70.4 cm³/mol. The Morgan fingerprint density at radius 3 is 2.82 bits per heavy atom. The highest BCUT2D eigenvalue weighted by Crippen LogP contribution is 2.01. The second-order valence-corrected chi connectivity index (χ2v) is 3.72. The lowest BCUT2D eigenvalue weighted by molar-refractivity contribution is -0.117. The second-order valence-electron chi connectivity index (χ2n) is 3.72. The van der Waals surface area contributed by atoms with E-state index in [4.69, 9.17) is 5.73 Å². The fraction of sp³-hybridized carbons (Fsp3) is 0.455. The number of nitrogens with zero attached hydrogens (tertiary/aromatic N) is 1. The molecule has 1 atom stereocenters. The van der Waals surface area contributed by atoms with Crippen molar-refractivity contribution in [3.8, 4) is 0 Å². The molecular formula is C11H18ClN3O2. The van der Waals surface area contributed by atoms with Gasteiger partial charge in [0.2, 0.25) is 5.91 Å². The fourth-order valence-electron chi connectivity index (χ4n) is 1.36. The molecule has 1 aromatic heterocycles. The van der Waals surface area contributed by atoms with E-state index in [1.165, 1.54) is 4.57 Å². The highest BCUT2D eigenvalue weighted by molar-refractivity contribution is 5.94. The number of amides is 1. The molecule has 0 aromatic carbocycles. The summed E-state index contributed by atoms with van der Waals surface area (Å²) in [6.45, 7) is 1.95. The molecule has 0 saturated carbocycles. The number of anilines is 1. The highest BCUT2D eigenvalue weighted by atomic mass is 35.5. The van der Waals surface area contributed by atoms with Crippen LogP contribution >= 0.6 is 12.4 Å². The third kappa shape index (κ3) is 4.20. The van der Waals surface area contributed by atoms with Gasteiger partial charge in [0.05, 0.1) is 6.04 Å². The summed E-state index contributed by atoms with van der Waals surface area (Å²) in [5.41, 5.74) is 5.67. The van der Waals surface area contributed by atoms with Gasteiger partial charge in [0, 0.05) is 13.2 Å². The average Bonchev–Trinajstić information content (AvgIpc) is 2.25. The van der Waals surface area contributed by atoms with E-state index >= 15 is 0 Å². The lowest BCUT2D eigenvalue weighted by Crippen LogP contribution is -2.37. The molecule has 6 heteroatoms. The summed E-state index contributed by atoms with van der Waals surface area (Å²) in [6, 6.07) is 2.70. The molecule has 5 nitrogen and oxygen atoms in total. The fourth-order valence-corrected chi connectivity index (χ4v) is 1.36. The maximum atomic E-state index is 11.6. The normalized spacial score (nSPS) is 11.5. The van der Waals surface area contributed by atoms with Crippen LogP contribution in [0.1, 0.15) is 19.8 Å². The molecule has 0 radical (unpaired) electrons. The summed E-state index contributed by atoms with van der Waals surface area (Å²) in [6.07, 6.45) is 3.07. The molecule has 3 N–H and O–H groups in total. The number of rotatable bonds is 4. The standard InChI is InChI=1S/C11H17N3O2.ClH/c1-3-5-8(12)10(15)13-9-6-4-7-14(2)11(9)16;/h4,6-8H,3,5,12H2,1-2H3,(H,13,15);1H. The van der Waals surface area contributed by atoms with Gasteiger partial charge in [-0.25, -0.2) is 0 Å². The quantitative estimate of drug-likeness (QED) is 0.842. The van der Waals surface area contributed by atoms with Crippen LogP contribution in [0, 0.1) is 0 Å². The number of aromatic nitrogens is 1. The van der Waals surface area contributed by atoms with E-state index in [0.29, 0.717) is 6.42 Å². The van der Waals surface area contributed by atoms with E-state index < -0.39 is 6.04 Å². The van der Waals surface area contributed by atoms with E-state index in [1.807, 2.05) is 6.92 Å². The Bertz CT molecular complexity index is 431. The first-order valence-corrected chi connectivity index (χ1v) is 5.28. The Morgan fingerprint density at radius 1 is 1.59 bits per heavy atom. The van der Waals surface area contributed by atoms with Crippen molar-refractivity contribution in [3.63, 3.8) is 0 Å². The van der Waals surface area contributed by atoms with Gasteiger partial charge in [-0.15, -0.1) is 12.4 Å². The van der Waals surface area contributed by atoms with Crippen molar-refractivity contribution in [2.75, 3.05) is 5.32 Å². The molecule has 0 aliphatic rings. The lowest BCUT2D eigenvalue weighted by Gasteiger charge is -2.11. The molecule has 0 saturated heterocycles. The molecular weight excluding hydrogens is 242 g/mol. The van der Waals surface area contributed by atoms with Crippen LogP contribution in [0.2, 0.25) is 0 Å². The van der Waals surface area contributed by atoms with Crippen LogP contribution in [0.15, 0.2) is 23.1 Å². The number of carbonyl (C=O) groups excluding carboxylic acids is 1. The first kappa shape index (κ1) is 15.7. The number of halogens is 1. The van der Waals surface area contributed by atoms with Gasteiger partial charge in [-0.1, -0.05) is 13.3 Å². The summed E-state index contributed by atoms with van der Waals surface area (Å²) in [5.74, 6) is -0.315. The first-order chi connectivity index (χ1) is 7.56. The first-order valence-electron chi connectivity index (χ1n) is 5.28. The molecule has 1 rings (SSSR count). The molecule has 0 fully saturated rings. The summed E-state index contributed by atoms with van der Waals surface area (Å²) in [5, 5.41) is 2.54. The minimum atomic E-state index is -0.560. The Morgan fingerprint density at radius 2 is 2.24 bits per heavy atom. The van der Waals surface area contributed by atoms with E-state index in [-0.39, 0.29) is 29.6 Å². The maximum Gasteiger partial charge on any atom is 0.274 e. The minimum Gasteiger partial charge on any atom is -0.320 e. The molecule has 1 heterocycles. The van der Waals surface area contributed by atoms with Crippen molar-refractivity contribution in [2.45, 2.75) is 25.8 Å². The van der Waals surface area contributed by atoms with Crippen LogP contribution in [0.3, 0.4) is 0 Å². The lowest BCUT2D eigenvalue weighted by atomic mass is 10.1. The highest BCUT2D eigenvalue weighted by Gasteiger charge is 2.13. The topological polar surface area (TPSA) is 77.1 Å². The molecule has 17 heavy (non-hydrogen) atoms. The van der Waals surface area contributed by atoms with Crippen LogP contribution in [-0.2, 0) is 11.8 Å². The number of carbonyl (C=O) groups is 1. The Hall–Kier alpha value is -1.33. The average molecular weight is 260 g/mol. The van der Waals surface area contributed by atoms with Crippen molar-refractivity contribution < 1.29 is 4.79 Å². The van der Waals surface area contributed by atoms with Gasteiger partial charge >= 0.3 is 0 Å². The summed E-state index contributed by atoms with van der Waals surface area (Å²) >= 11 is 0. The van der Waals surface area contributed by atoms with Gasteiger partial charge in [0.25, 0.3) is 5.56 Å². The van der Waals surface area contributed by atoms with Crippen molar-refractivity contribution in [1.29, 1.82) is 0 Å². The van der Waals surface area contributed by atoms with Gasteiger partial charge < -0.3 is 15.6 Å². The number of hydrogen-bond acceptors (Lipinski definition) is 3. The van der Waals surface area contributed by atoms with E-state index in [0.717, 1.165) is 6.42 Å². The second kappa shape index (κ2) is 7.09. The predicted octanol–water partition coefficient (Wildman–Crippen LogP) is 0.873. The van der Waals surface area contributed by atoms with Crippen LogP contribution in [-0.4, -0.2) is 16.5 Å². The Labute approximate surface area is 106 Å². The number of aryl methyl sites for hydroxylation is 1. The molecule has 96 valence electrons. The number of hydrogen-bond donors (Lipinski definition) is 2. The summed E-state index contributed by atoms with van der Waals surface area (Å²) in [7, 11) is 1.63. The van der Waals surface area contributed by atoms with Gasteiger partial charge in [-0.2, -0.15) is 0 Å². The molecule has 1 amide bonds. The van der Waals surface area contributed by atoms with Gasteiger partial charge in [-0.05, 0) is 18.6 Å². The van der Waals surface area contributed by atoms with Crippen molar-refractivity contribution in [2.24, 2.45) is 12.8 Å². The zero-order valence-electron chi connectivity index (χ0n) is 9.97. The number of pyridine rings is 1. The maximum absolute atomic E-state index is 11.6. The van der Waals surface area contributed by atoms with E-state index in [1.54, 1.807) is 25.4 Å². The van der Waals surface area contributed by atoms with Gasteiger partial charge in [-0.3, -0.25) is 9.59 Å². The number of nitrogens with two attached hydrogens (primary N) is 1. The van der Waals surface area contributed by atoms with Crippen LogP contribution in [0.5, 0.6) is 0 Å². The van der Waals surface area contributed by atoms with Crippen LogP contribution < -0.4 is 16.6 Å². The van der Waals surface area contributed by atoms with Gasteiger partial charge in [0.15, 0.2) is 0 Å². The SMILES string of the molecule is CCCC(N)C(=O)Nc1cccn(C)c1=O.Cl. The molecule has 0 bridgehead atoms. The summed E-state index contributed by atoms with van der Waals surface area (Å²) < 4.78 is 1.40. The smallest absolute Gasteiger partial charge is 0.274 e. The van der Waals surface area contributed by atoms with Crippen molar-refractivity contribution in [1.82, 2.24) is 4.57 Å². The van der Waals surface area contributed by atoms with Crippen LogP contribution in [0.25, 0.3) is 0 Å². The van der Waals surface area contributed by atoms with Gasteiger partial charge in [0.1, 0.15) is 5.69 Å². The largest absolute Gasteiger partial charge is 0.320 e. The molecule has 0 aliphatic heterocycles. The number of nitrogens with one attached hydrogen (secondary N) is 1. The van der Waals surface area contributed by atoms with Crippen molar-refractivity contribution in [3.05, 3.63) is 28.7 Å². The zero-order valence-corrected chi connectivity index (χ0v) is 10.8. The van der Waals surface area contributed by atoms with Crippen LogP contribution in [0.4, 0.5) is 5.69 Å².